The van der Waals surface area contributed by atoms with Crippen LogP contribution >= 0.6 is 23.2 Å². The van der Waals surface area contributed by atoms with Crippen LogP contribution in [0.5, 0.6) is 5.75 Å². The zero-order valence-corrected chi connectivity index (χ0v) is 13.7. The Morgan fingerprint density at radius 1 is 1.26 bits per heavy atom. The molecule has 0 spiro atoms. The van der Waals surface area contributed by atoms with Crippen LogP contribution in [0.1, 0.15) is 16.1 Å². The normalized spacial score (nSPS) is 15.2. The van der Waals surface area contributed by atoms with Crippen molar-refractivity contribution in [2.24, 2.45) is 5.73 Å². The van der Waals surface area contributed by atoms with E-state index in [1.54, 1.807) is 18.2 Å². The summed E-state index contributed by atoms with van der Waals surface area (Å²) in [5.74, 6) is 0.0401. The standard InChI is InChI=1S/C16H15Cl2N3O2/c17-13-2-1-10(5-14(13)18)7-21-8-12(9-21)23-11-3-4-20-15(6-11)16(19)22/h1-6,12H,7-9H2,(H2,19,22). The highest BCUT2D eigenvalue weighted by atomic mass is 35.5. The zero-order chi connectivity index (χ0) is 16.4. The fraction of sp³-hybridized carbons (Fsp3) is 0.250. The number of rotatable bonds is 5. The van der Waals surface area contributed by atoms with Gasteiger partial charge in [0.25, 0.3) is 5.91 Å². The van der Waals surface area contributed by atoms with E-state index in [4.69, 9.17) is 33.7 Å². The summed E-state index contributed by atoms with van der Waals surface area (Å²) in [5, 5.41) is 1.12. The summed E-state index contributed by atoms with van der Waals surface area (Å²) in [5.41, 5.74) is 6.52. The number of likely N-dealkylation sites (tertiary alicyclic amines) is 1. The fourth-order valence-electron chi connectivity index (χ4n) is 2.43. The van der Waals surface area contributed by atoms with Crippen LogP contribution in [-0.4, -0.2) is 35.0 Å². The van der Waals surface area contributed by atoms with E-state index >= 15 is 0 Å². The maximum atomic E-state index is 11.1. The lowest BCUT2D eigenvalue weighted by molar-refractivity contribution is 0.0145. The molecule has 0 aliphatic carbocycles. The molecule has 3 rings (SSSR count). The van der Waals surface area contributed by atoms with Crippen molar-refractivity contribution in [1.82, 2.24) is 9.88 Å². The molecule has 0 bridgehead atoms. The number of carbonyl (C=O) groups is 1. The number of ether oxygens (including phenoxy) is 1. The maximum absolute atomic E-state index is 11.1. The molecule has 0 radical (unpaired) electrons. The molecule has 2 heterocycles. The van der Waals surface area contributed by atoms with Crippen LogP contribution in [0.15, 0.2) is 36.5 Å². The molecule has 1 aromatic carbocycles. The smallest absolute Gasteiger partial charge is 0.267 e. The van der Waals surface area contributed by atoms with Crippen LogP contribution in [0.25, 0.3) is 0 Å². The molecule has 0 atom stereocenters. The van der Waals surface area contributed by atoms with Crippen molar-refractivity contribution in [3.8, 4) is 5.75 Å². The second kappa shape index (κ2) is 6.74. The molecule has 1 aliphatic rings. The zero-order valence-electron chi connectivity index (χ0n) is 12.2. The van der Waals surface area contributed by atoms with Gasteiger partial charge in [-0.15, -0.1) is 0 Å². The van der Waals surface area contributed by atoms with Gasteiger partial charge in [0.15, 0.2) is 0 Å². The van der Waals surface area contributed by atoms with Gasteiger partial charge in [0, 0.05) is 31.9 Å². The van der Waals surface area contributed by atoms with E-state index < -0.39 is 5.91 Å². The molecular formula is C16H15Cl2N3O2. The minimum absolute atomic E-state index is 0.0842. The molecule has 5 nitrogen and oxygen atoms in total. The van der Waals surface area contributed by atoms with Gasteiger partial charge in [0.1, 0.15) is 17.5 Å². The Labute approximate surface area is 144 Å². The largest absolute Gasteiger partial charge is 0.488 e. The van der Waals surface area contributed by atoms with Gasteiger partial charge in [0.2, 0.25) is 0 Å². The van der Waals surface area contributed by atoms with E-state index in [9.17, 15) is 4.79 Å². The van der Waals surface area contributed by atoms with Crippen molar-refractivity contribution in [3.05, 3.63) is 57.8 Å². The molecule has 0 unspecified atom stereocenters. The summed E-state index contributed by atoms with van der Waals surface area (Å²) in [7, 11) is 0. The first-order valence-electron chi connectivity index (χ1n) is 7.10. The van der Waals surface area contributed by atoms with Crippen molar-refractivity contribution in [1.29, 1.82) is 0 Å². The lowest BCUT2D eigenvalue weighted by Gasteiger charge is -2.39. The van der Waals surface area contributed by atoms with E-state index in [2.05, 4.69) is 9.88 Å². The maximum Gasteiger partial charge on any atom is 0.267 e. The van der Waals surface area contributed by atoms with Crippen LogP contribution in [0.4, 0.5) is 0 Å². The Bertz CT molecular complexity index is 733. The van der Waals surface area contributed by atoms with E-state index in [0.29, 0.717) is 15.8 Å². The summed E-state index contributed by atoms with van der Waals surface area (Å²) >= 11 is 11.9. The monoisotopic (exact) mass is 351 g/mol. The van der Waals surface area contributed by atoms with Gasteiger partial charge in [-0.3, -0.25) is 14.7 Å². The topological polar surface area (TPSA) is 68.5 Å². The number of hydrogen-bond donors (Lipinski definition) is 1. The summed E-state index contributed by atoms with van der Waals surface area (Å²) in [6, 6.07) is 8.91. The van der Waals surface area contributed by atoms with E-state index in [-0.39, 0.29) is 11.8 Å². The second-order valence-electron chi connectivity index (χ2n) is 5.42. The van der Waals surface area contributed by atoms with Gasteiger partial charge in [-0.25, -0.2) is 0 Å². The lowest BCUT2D eigenvalue weighted by atomic mass is 10.1. The molecule has 2 aromatic rings. The first kappa shape index (κ1) is 16.1. The third-order valence-corrected chi connectivity index (χ3v) is 4.34. The summed E-state index contributed by atoms with van der Waals surface area (Å²) in [6.45, 7) is 2.39. The SMILES string of the molecule is NC(=O)c1cc(OC2CN(Cc3ccc(Cl)c(Cl)c3)C2)ccn1. The molecule has 1 amide bonds. The van der Waals surface area contributed by atoms with E-state index in [1.807, 2.05) is 12.1 Å². The number of aromatic nitrogens is 1. The second-order valence-corrected chi connectivity index (χ2v) is 6.24. The fourth-order valence-corrected chi connectivity index (χ4v) is 2.75. The summed E-state index contributed by atoms with van der Waals surface area (Å²) < 4.78 is 5.82. The number of nitrogens with two attached hydrogens (primary N) is 1. The predicted molar refractivity (Wildman–Crippen MR) is 88.9 cm³/mol. The molecule has 23 heavy (non-hydrogen) atoms. The van der Waals surface area contributed by atoms with Crippen LogP contribution in [0.2, 0.25) is 10.0 Å². The average Bonchev–Trinajstić information content (AvgIpc) is 2.49. The molecular weight excluding hydrogens is 337 g/mol. The predicted octanol–water partition coefficient (Wildman–Crippen LogP) is 2.75. The number of benzene rings is 1. The molecule has 7 heteroatoms. The molecule has 120 valence electrons. The first-order valence-corrected chi connectivity index (χ1v) is 7.85. The van der Waals surface area contributed by atoms with Crippen molar-refractivity contribution >= 4 is 29.1 Å². The van der Waals surface area contributed by atoms with Crippen LogP contribution < -0.4 is 10.5 Å². The minimum atomic E-state index is -0.565. The number of pyridine rings is 1. The van der Waals surface area contributed by atoms with Crippen molar-refractivity contribution in [3.63, 3.8) is 0 Å². The van der Waals surface area contributed by atoms with Crippen LogP contribution in [0, 0.1) is 0 Å². The molecule has 1 fully saturated rings. The Morgan fingerprint density at radius 3 is 2.74 bits per heavy atom. The van der Waals surface area contributed by atoms with E-state index in [1.165, 1.54) is 6.20 Å². The highest BCUT2D eigenvalue weighted by molar-refractivity contribution is 6.42. The highest BCUT2D eigenvalue weighted by Crippen LogP contribution is 2.25. The Balaban J connectivity index is 1.52. The number of amides is 1. The Kier molecular flexibility index (Phi) is 4.71. The molecule has 1 aliphatic heterocycles. The third-order valence-electron chi connectivity index (χ3n) is 3.60. The summed E-state index contributed by atoms with van der Waals surface area (Å²) in [4.78, 5) is 17.2. The van der Waals surface area contributed by atoms with Crippen molar-refractivity contribution < 1.29 is 9.53 Å². The lowest BCUT2D eigenvalue weighted by Crippen LogP contribution is -2.53. The number of primary amides is 1. The van der Waals surface area contributed by atoms with Gasteiger partial charge in [-0.1, -0.05) is 29.3 Å². The number of halogens is 2. The third kappa shape index (κ3) is 3.93. The van der Waals surface area contributed by atoms with Gasteiger partial charge >= 0.3 is 0 Å². The van der Waals surface area contributed by atoms with Crippen molar-refractivity contribution in [2.75, 3.05) is 13.1 Å². The number of nitrogens with zero attached hydrogens (tertiary/aromatic N) is 2. The van der Waals surface area contributed by atoms with Crippen molar-refractivity contribution in [2.45, 2.75) is 12.6 Å². The highest BCUT2D eigenvalue weighted by Gasteiger charge is 2.28. The number of carbonyl (C=O) groups excluding carboxylic acids is 1. The van der Waals surface area contributed by atoms with Crippen LogP contribution in [-0.2, 0) is 6.54 Å². The van der Waals surface area contributed by atoms with Crippen LogP contribution in [0.3, 0.4) is 0 Å². The Hall–Kier alpha value is -1.82. The van der Waals surface area contributed by atoms with Gasteiger partial charge in [-0.2, -0.15) is 0 Å². The van der Waals surface area contributed by atoms with Gasteiger partial charge in [-0.05, 0) is 23.8 Å². The van der Waals surface area contributed by atoms with E-state index in [0.717, 1.165) is 25.2 Å². The quantitative estimate of drug-likeness (QED) is 0.899. The van der Waals surface area contributed by atoms with Gasteiger partial charge < -0.3 is 10.5 Å². The molecule has 0 saturated carbocycles. The number of hydrogen-bond acceptors (Lipinski definition) is 4. The average molecular weight is 352 g/mol. The minimum Gasteiger partial charge on any atom is -0.488 e. The molecule has 1 saturated heterocycles. The molecule has 2 N–H and O–H groups in total. The summed E-state index contributed by atoms with van der Waals surface area (Å²) in [6.07, 6.45) is 1.60. The van der Waals surface area contributed by atoms with Gasteiger partial charge in [0.05, 0.1) is 10.0 Å². The Morgan fingerprint density at radius 2 is 2.04 bits per heavy atom. The first-order chi connectivity index (χ1) is 11.0. The molecule has 1 aromatic heterocycles.